The Bertz CT molecular complexity index is 1140. The molecule has 8 heteroatoms. The fourth-order valence-electron chi connectivity index (χ4n) is 3.09. The standard InChI is InChI=1S/C21H19N5O3/c27-20(25-17(21(28)29)7-12-26-10-1-2-11-26)15-3-4-16-18(13-15)24-19(23-16)14-5-8-22-9-6-14/h1-6,8-11,13,17H,7,12H2,(H,23,24)(H,25,27)(H,28,29)/t17-/m0/s1. The van der Waals surface area contributed by atoms with Crippen molar-refractivity contribution in [2.24, 2.45) is 0 Å². The minimum Gasteiger partial charge on any atom is -0.480 e. The monoisotopic (exact) mass is 389 g/mol. The number of rotatable bonds is 7. The van der Waals surface area contributed by atoms with Crippen LogP contribution in [0.1, 0.15) is 16.8 Å². The Hall–Kier alpha value is -3.94. The van der Waals surface area contributed by atoms with Crippen molar-refractivity contribution in [1.82, 2.24) is 24.8 Å². The second kappa shape index (κ2) is 7.97. The first-order valence-corrected chi connectivity index (χ1v) is 9.15. The van der Waals surface area contributed by atoms with E-state index in [0.29, 0.717) is 23.4 Å². The molecule has 146 valence electrons. The fraction of sp³-hybridized carbons (Fsp3) is 0.143. The van der Waals surface area contributed by atoms with Gasteiger partial charge >= 0.3 is 5.97 Å². The molecule has 0 fully saturated rings. The molecule has 0 radical (unpaired) electrons. The van der Waals surface area contributed by atoms with E-state index in [-0.39, 0.29) is 6.42 Å². The molecular formula is C21H19N5O3. The van der Waals surface area contributed by atoms with Crippen LogP contribution in [0.15, 0.2) is 67.3 Å². The number of nitrogens with zero attached hydrogens (tertiary/aromatic N) is 3. The average molecular weight is 389 g/mol. The molecule has 1 amide bonds. The van der Waals surface area contributed by atoms with Gasteiger partial charge in [-0.05, 0) is 48.9 Å². The molecule has 4 aromatic rings. The normalized spacial score (nSPS) is 12.0. The number of imidazole rings is 1. The van der Waals surface area contributed by atoms with Crippen LogP contribution < -0.4 is 5.32 Å². The van der Waals surface area contributed by atoms with Gasteiger partial charge in [0.25, 0.3) is 5.91 Å². The van der Waals surface area contributed by atoms with Crippen LogP contribution in [-0.4, -0.2) is 42.5 Å². The van der Waals surface area contributed by atoms with Crippen molar-refractivity contribution < 1.29 is 14.7 Å². The summed E-state index contributed by atoms with van der Waals surface area (Å²) in [5.41, 5.74) is 2.67. The van der Waals surface area contributed by atoms with E-state index < -0.39 is 17.9 Å². The zero-order chi connectivity index (χ0) is 20.2. The Morgan fingerprint density at radius 2 is 1.90 bits per heavy atom. The van der Waals surface area contributed by atoms with E-state index in [1.807, 2.05) is 41.2 Å². The lowest BCUT2D eigenvalue weighted by Gasteiger charge is -2.15. The Morgan fingerprint density at radius 1 is 1.14 bits per heavy atom. The molecule has 3 aromatic heterocycles. The van der Waals surface area contributed by atoms with Crippen LogP contribution >= 0.6 is 0 Å². The van der Waals surface area contributed by atoms with Crippen molar-refractivity contribution >= 4 is 22.9 Å². The number of carboxylic acids is 1. The molecule has 1 atom stereocenters. The second-order valence-corrected chi connectivity index (χ2v) is 6.63. The zero-order valence-corrected chi connectivity index (χ0v) is 15.4. The van der Waals surface area contributed by atoms with Crippen LogP contribution in [0.4, 0.5) is 0 Å². The lowest BCUT2D eigenvalue weighted by molar-refractivity contribution is -0.139. The Kier molecular flexibility index (Phi) is 5.07. The first-order chi connectivity index (χ1) is 14.1. The van der Waals surface area contributed by atoms with Crippen LogP contribution in [0.25, 0.3) is 22.4 Å². The smallest absolute Gasteiger partial charge is 0.326 e. The molecule has 0 saturated carbocycles. The summed E-state index contributed by atoms with van der Waals surface area (Å²) in [4.78, 5) is 35.9. The summed E-state index contributed by atoms with van der Waals surface area (Å²) >= 11 is 0. The van der Waals surface area contributed by atoms with Gasteiger partial charge in [0.05, 0.1) is 11.0 Å². The van der Waals surface area contributed by atoms with E-state index in [1.165, 1.54) is 0 Å². The molecule has 0 aliphatic carbocycles. The van der Waals surface area contributed by atoms with Gasteiger partial charge in [0.15, 0.2) is 0 Å². The largest absolute Gasteiger partial charge is 0.480 e. The first-order valence-electron chi connectivity index (χ1n) is 9.15. The number of H-pyrrole nitrogens is 1. The molecular weight excluding hydrogens is 370 g/mol. The van der Waals surface area contributed by atoms with Gasteiger partial charge < -0.3 is 20.0 Å². The van der Waals surface area contributed by atoms with Crippen LogP contribution in [0, 0.1) is 0 Å². The van der Waals surface area contributed by atoms with E-state index in [9.17, 15) is 14.7 Å². The number of aryl methyl sites for hydroxylation is 1. The number of pyridine rings is 1. The van der Waals surface area contributed by atoms with E-state index >= 15 is 0 Å². The number of hydrogen-bond donors (Lipinski definition) is 3. The van der Waals surface area contributed by atoms with Crippen molar-refractivity contribution in [2.75, 3.05) is 0 Å². The van der Waals surface area contributed by atoms with Crippen molar-refractivity contribution in [3.8, 4) is 11.4 Å². The summed E-state index contributed by atoms with van der Waals surface area (Å²) in [7, 11) is 0. The highest BCUT2D eigenvalue weighted by Gasteiger charge is 2.21. The molecule has 0 aliphatic heterocycles. The van der Waals surface area contributed by atoms with E-state index in [1.54, 1.807) is 30.6 Å². The van der Waals surface area contributed by atoms with Gasteiger partial charge in [0.1, 0.15) is 11.9 Å². The lowest BCUT2D eigenvalue weighted by atomic mass is 10.1. The van der Waals surface area contributed by atoms with Gasteiger partial charge in [-0.25, -0.2) is 9.78 Å². The quantitative estimate of drug-likeness (QED) is 0.450. The van der Waals surface area contributed by atoms with Crippen LogP contribution in [0.3, 0.4) is 0 Å². The number of nitrogens with one attached hydrogen (secondary N) is 2. The molecule has 1 aromatic carbocycles. The summed E-state index contributed by atoms with van der Waals surface area (Å²) in [5.74, 6) is -0.824. The first kappa shape index (κ1) is 18.4. The second-order valence-electron chi connectivity index (χ2n) is 6.63. The molecule has 0 aliphatic rings. The predicted molar refractivity (Wildman–Crippen MR) is 107 cm³/mol. The number of fused-ring (bicyclic) bond motifs is 1. The maximum atomic E-state index is 12.6. The van der Waals surface area contributed by atoms with Gasteiger partial charge in [-0.15, -0.1) is 0 Å². The summed E-state index contributed by atoms with van der Waals surface area (Å²) in [6.07, 6.45) is 7.36. The van der Waals surface area contributed by atoms with Gasteiger partial charge in [-0.2, -0.15) is 0 Å². The highest BCUT2D eigenvalue weighted by Crippen LogP contribution is 2.20. The third kappa shape index (κ3) is 4.16. The number of aliphatic carboxylic acids is 1. The van der Waals surface area contributed by atoms with Gasteiger partial charge in [0, 0.05) is 42.5 Å². The molecule has 0 spiro atoms. The Morgan fingerprint density at radius 3 is 2.62 bits per heavy atom. The van der Waals surface area contributed by atoms with Gasteiger partial charge in [-0.3, -0.25) is 9.78 Å². The minimum absolute atomic E-state index is 0.286. The summed E-state index contributed by atoms with van der Waals surface area (Å²) in [5, 5.41) is 12.1. The lowest BCUT2D eigenvalue weighted by Crippen LogP contribution is -2.41. The third-order valence-electron chi connectivity index (χ3n) is 4.64. The summed E-state index contributed by atoms with van der Waals surface area (Å²) in [6, 6.07) is 11.5. The van der Waals surface area contributed by atoms with Crippen molar-refractivity contribution in [2.45, 2.75) is 19.0 Å². The molecule has 3 N–H and O–H groups in total. The molecule has 0 unspecified atom stereocenters. The third-order valence-corrected chi connectivity index (χ3v) is 4.64. The van der Waals surface area contributed by atoms with E-state index in [2.05, 4.69) is 20.3 Å². The highest BCUT2D eigenvalue weighted by molar-refractivity contribution is 5.99. The maximum absolute atomic E-state index is 12.6. The van der Waals surface area contributed by atoms with Crippen molar-refractivity contribution in [3.05, 3.63) is 72.8 Å². The number of carbonyl (C=O) groups excluding carboxylic acids is 1. The average Bonchev–Trinajstić information content (AvgIpc) is 3.40. The number of aromatic amines is 1. The topological polar surface area (TPSA) is 113 Å². The number of benzene rings is 1. The van der Waals surface area contributed by atoms with Gasteiger partial charge in [0.2, 0.25) is 0 Å². The zero-order valence-electron chi connectivity index (χ0n) is 15.4. The molecule has 3 heterocycles. The molecule has 0 bridgehead atoms. The van der Waals surface area contributed by atoms with Crippen molar-refractivity contribution in [3.63, 3.8) is 0 Å². The Labute approximate surface area is 166 Å². The fourth-order valence-corrected chi connectivity index (χ4v) is 3.09. The number of aromatic nitrogens is 4. The van der Waals surface area contributed by atoms with Gasteiger partial charge in [-0.1, -0.05) is 0 Å². The van der Waals surface area contributed by atoms with Crippen LogP contribution in [0.2, 0.25) is 0 Å². The SMILES string of the molecule is O=C(N[C@@H](CCn1cccc1)C(=O)O)c1ccc2nc(-c3ccncc3)[nH]c2c1. The van der Waals surface area contributed by atoms with E-state index in [0.717, 1.165) is 11.1 Å². The maximum Gasteiger partial charge on any atom is 0.326 e. The van der Waals surface area contributed by atoms with Crippen LogP contribution in [-0.2, 0) is 11.3 Å². The summed E-state index contributed by atoms with van der Waals surface area (Å²) in [6.45, 7) is 0.499. The number of hydrogen-bond acceptors (Lipinski definition) is 4. The molecule has 8 nitrogen and oxygen atoms in total. The van der Waals surface area contributed by atoms with Crippen molar-refractivity contribution in [1.29, 1.82) is 0 Å². The Balaban J connectivity index is 1.50. The molecule has 29 heavy (non-hydrogen) atoms. The highest BCUT2D eigenvalue weighted by atomic mass is 16.4. The number of carbonyl (C=O) groups is 2. The molecule has 0 saturated heterocycles. The number of carboxylic acid groups (broad SMARTS) is 1. The van der Waals surface area contributed by atoms with E-state index in [4.69, 9.17) is 0 Å². The summed E-state index contributed by atoms with van der Waals surface area (Å²) < 4.78 is 1.87. The molecule has 4 rings (SSSR count). The minimum atomic E-state index is -1.06. The predicted octanol–water partition coefficient (Wildman–Crippen LogP) is 2.70. The van der Waals surface area contributed by atoms with Crippen LogP contribution in [0.5, 0.6) is 0 Å². The number of amides is 1.